The van der Waals surface area contributed by atoms with Crippen LogP contribution in [0.3, 0.4) is 0 Å². The summed E-state index contributed by atoms with van der Waals surface area (Å²) >= 11 is 0. The van der Waals surface area contributed by atoms with E-state index < -0.39 is 12.1 Å². The van der Waals surface area contributed by atoms with E-state index in [1.54, 1.807) is 4.90 Å². The zero-order valence-corrected chi connectivity index (χ0v) is 13.4. The van der Waals surface area contributed by atoms with Gasteiger partial charge in [0.1, 0.15) is 5.75 Å². The van der Waals surface area contributed by atoms with Crippen molar-refractivity contribution in [3.8, 4) is 5.75 Å². The molecule has 1 aliphatic rings. The lowest BCUT2D eigenvalue weighted by Gasteiger charge is -2.30. The molecule has 1 aliphatic heterocycles. The highest BCUT2D eigenvalue weighted by atomic mass is 16.5. The number of aryl methyl sites for hydroxylation is 1. The van der Waals surface area contributed by atoms with Crippen molar-refractivity contribution >= 4 is 11.9 Å². The summed E-state index contributed by atoms with van der Waals surface area (Å²) in [4.78, 5) is 24.6. The first kappa shape index (κ1) is 17.3. The van der Waals surface area contributed by atoms with E-state index in [9.17, 15) is 9.59 Å². The Morgan fingerprint density at radius 3 is 2.96 bits per heavy atom. The zero-order valence-electron chi connectivity index (χ0n) is 13.4. The lowest BCUT2D eigenvalue weighted by atomic mass is 10.2. The van der Waals surface area contributed by atoms with Crippen LogP contribution >= 0.6 is 0 Å². The fourth-order valence-corrected chi connectivity index (χ4v) is 2.46. The largest absolute Gasteiger partial charge is 0.494 e. The summed E-state index contributed by atoms with van der Waals surface area (Å²) in [7, 11) is 0. The molecule has 0 bridgehead atoms. The number of unbranched alkanes of at least 4 members (excludes halogenated alkanes) is 1. The highest BCUT2D eigenvalue weighted by molar-refractivity contribution is 5.78. The van der Waals surface area contributed by atoms with Crippen molar-refractivity contribution in [2.45, 2.75) is 32.3 Å². The van der Waals surface area contributed by atoms with Crippen LogP contribution in [0.15, 0.2) is 24.3 Å². The van der Waals surface area contributed by atoms with Crippen molar-refractivity contribution < 1.29 is 24.2 Å². The van der Waals surface area contributed by atoms with E-state index in [0.29, 0.717) is 19.6 Å². The van der Waals surface area contributed by atoms with Crippen LogP contribution in [0.25, 0.3) is 0 Å². The van der Waals surface area contributed by atoms with Gasteiger partial charge in [-0.1, -0.05) is 12.1 Å². The molecule has 1 unspecified atom stereocenters. The Kier molecular flexibility index (Phi) is 6.40. The summed E-state index contributed by atoms with van der Waals surface area (Å²) in [6.07, 6.45) is 1.01. The number of carbonyl (C=O) groups excluding carboxylic acids is 1. The predicted octanol–water partition coefficient (Wildman–Crippen LogP) is 1.86. The van der Waals surface area contributed by atoms with Gasteiger partial charge < -0.3 is 19.5 Å². The number of carbonyl (C=O) groups is 2. The van der Waals surface area contributed by atoms with Crippen molar-refractivity contribution in [3.05, 3.63) is 29.8 Å². The Bertz CT molecular complexity index is 546. The van der Waals surface area contributed by atoms with Crippen LogP contribution in [-0.4, -0.2) is 54.3 Å². The molecular weight excluding hydrogens is 298 g/mol. The van der Waals surface area contributed by atoms with Crippen molar-refractivity contribution in [1.82, 2.24) is 4.90 Å². The van der Waals surface area contributed by atoms with Gasteiger partial charge >= 0.3 is 5.97 Å². The first-order valence-electron chi connectivity index (χ1n) is 7.88. The Labute approximate surface area is 136 Å². The maximum absolute atomic E-state index is 12.1. The molecule has 0 radical (unpaired) electrons. The Balaban J connectivity index is 1.64. The summed E-state index contributed by atoms with van der Waals surface area (Å²) in [5.41, 5.74) is 1.15. The number of morpholine rings is 1. The lowest BCUT2D eigenvalue weighted by molar-refractivity contribution is -0.159. The van der Waals surface area contributed by atoms with E-state index >= 15 is 0 Å². The molecule has 1 aromatic carbocycles. The van der Waals surface area contributed by atoms with Crippen molar-refractivity contribution in [2.75, 3.05) is 26.3 Å². The van der Waals surface area contributed by atoms with Gasteiger partial charge in [-0.05, 0) is 37.5 Å². The number of hydrogen-bond acceptors (Lipinski definition) is 4. The minimum Gasteiger partial charge on any atom is -0.494 e. The topological polar surface area (TPSA) is 76.1 Å². The number of hydrogen-bond donors (Lipinski definition) is 1. The number of amides is 1. The van der Waals surface area contributed by atoms with Crippen molar-refractivity contribution in [3.63, 3.8) is 0 Å². The standard InChI is InChI=1S/C17H23NO5/c1-13-5-4-6-14(11-13)22-9-3-2-7-16(19)18-8-10-23-15(12-18)17(20)21/h4-6,11,15H,2-3,7-10,12H2,1H3,(H,20,21). The van der Waals surface area contributed by atoms with Crippen molar-refractivity contribution in [2.24, 2.45) is 0 Å². The second kappa shape index (κ2) is 8.53. The molecule has 1 heterocycles. The number of rotatable bonds is 7. The van der Waals surface area contributed by atoms with Crippen LogP contribution in [0.4, 0.5) is 0 Å². The molecule has 23 heavy (non-hydrogen) atoms. The third-order valence-corrected chi connectivity index (χ3v) is 3.74. The molecule has 0 aromatic heterocycles. The van der Waals surface area contributed by atoms with Gasteiger partial charge in [-0.2, -0.15) is 0 Å². The van der Waals surface area contributed by atoms with E-state index in [2.05, 4.69) is 0 Å². The second-order valence-corrected chi connectivity index (χ2v) is 5.66. The minimum absolute atomic E-state index is 0.0184. The molecule has 6 heteroatoms. The summed E-state index contributed by atoms with van der Waals surface area (Å²) in [5.74, 6) is -0.196. The first-order valence-corrected chi connectivity index (χ1v) is 7.88. The molecule has 0 aliphatic carbocycles. The molecule has 1 saturated heterocycles. The molecule has 1 atom stereocenters. The molecule has 0 spiro atoms. The predicted molar refractivity (Wildman–Crippen MR) is 84.5 cm³/mol. The minimum atomic E-state index is -1.02. The number of carboxylic acids is 1. The average Bonchev–Trinajstić information content (AvgIpc) is 2.54. The van der Waals surface area contributed by atoms with Gasteiger partial charge in [-0.15, -0.1) is 0 Å². The molecule has 6 nitrogen and oxygen atoms in total. The number of aliphatic carboxylic acids is 1. The van der Waals surface area contributed by atoms with Crippen LogP contribution < -0.4 is 4.74 Å². The number of nitrogens with zero attached hydrogens (tertiary/aromatic N) is 1. The fraction of sp³-hybridized carbons (Fsp3) is 0.529. The highest BCUT2D eigenvalue weighted by Gasteiger charge is 2.28. The number of ether oxygens (including phenoxy) is 2. The van der Waals surface area contributed by atoms with Crippen LogP contribution in [0.2, 0.25) is 0 Å². The lowest BCUT2D eigenvalue weighted by Crippen LogP contribution is -2.48. The third kappa shape index (κ3) is 5.56. The second-order valence-electron chi connectivity index (χ2n) is 5.66. The molecule has 0 saturated carbocycles. The molecule has 1 aromatic rings. The van der Waals surface area contributed by atoms with Gasteiger partial charge in [-0.3, -0.25) is 4.79 Å². The van der Waals surface area contributed by atoms with E-state index in [0.717, 1.165) is 24.2 Å². The van der Waals surface area contributed by atoms with E-state index in [1.165, 1.54) is 0 Å². The SMILES string of the molecule is Cc1cccc(OCCCCC(=O)N2CCOC(C(=O)O)C2)c1. The van der Waals surface area contributed by atoms with Gasteiger partial charge in [0.2, 0.25) is 5.91 Å². The van der Waals surface area contributed by atoms with Gasteiger partial charge in [-0.25, -0.2) is 4.79 Å². The van der Waals surface area contributed by atoms with Crippen LogP contribution in [-0.2, 0) is 14.3 Å². The third-order valence-electron chi connectivity index (χ3n) is 3.74. The fourth-order valence-electron chi connectivity index (χ4n) is 2.46. The van der Waals surface area contributed by atoms with Gasteiger partial charge in [0, 0.05) is 13.0 Å². The van der Waals surface area contributed by atoms with Crippen LogP contribution in [0.5, 0.6) is 5.75 Å². The first-order chi connectivity index (χ1) is 11.1. The normalized spacial score (nSPS) is 17.8. The molecule has 1 amide bonds. The van der Waals surface area contributed by atoms with E-state index in [1.807, 2.05) is 31.2 Å². The molecule has 1 N–H and O–H groups in total. The molecule has 2 rings (SSSR count). The summed E-state index contributed by atoms with van der Waals surface area (Å²) in [6.45, 7) is 3.45. The number of carboxylic acid groups (broad SMARTS) is 1. The smallest absolute Gasteiger partial charge is 0.334 e. The average molecular weight is 321 g/mol. The highest BCUT2D eigenvalue weighted by Crippen LogP contribution is 2.13. The van der Waals surface area contributed by atoms with E-state index in [4.69, 9.17) is 14.6 Å². The van der Waals surface area contributed by atoms with E-state index in [-0.39, 0.29) is 19.1 Å². The maximum Gasteiger partial charge on any atom is 0.334 e. The monoisotopic (exact) mass is 321 g/mol. The summed E-state index contributed by atoms with van der Waals surface area (Å²) < 4.78 is 10.7. The molecule has 1 fully saturated rings. The molecule has 126 valence electrons. The zero-order chi connectivity index (χ0) is 16.7. The Morgan fingerprint density at radius 1 is 1.39 bits per heavy atom. The quantitative estimate of drug-likeness (QED) is 0.776. The van der Waals surface area contributed by atoms with Crippen molar-refractivity contribution in [1.29, 1.82) is 0 Å². The van der Waals surface area contributed by atoms with Crippen LogP contribution in [0, 0.1) is 6.92 Å². The number of benzene rings is 1. The molecular formula is C17H23NO5. The Hall–Kier alpha value is -2.08. The van der Waals surface area contributed by atoms with Gasteiger partial charge in [0.05, 0.1) is 19.8 Å². The maximum atomic E-state index is 12.1. The van der Waals surface area contributed by atoms with Gasteiger partial charge in [0.25, 0.3) is 0 Å². The Morgan fingerprint density at radius 2 is 2.22 bits per heavy atom. The summed E-state index contributed by atoms with van der Waals surface area (Å²) in [5, 5.41) is 8.93. The van der Waals surface area contributed by atoms with Gasteiger partial charge in [0.15, 0.2) is 6.10 Å². The summed E-state index contributed by atoms with van der Waals surface area (Å²) in [6, 6.07) is 7.85. The van der Waals surface area contributed by atoms with Crippen LogP contribution in [0.1, 0.15) is 24.8 Å².